The number of hydrogen-bond acceptors (Lipinski definition) is 3. The Morgan fingerprint density at radius 3 is 2.42 bits per heavy atom. The molecule has 0 heterocycles. The van der Waals surface area contributed by atoms with E-state index in [-0.39, 0.29) is 12.1 Å². The summed E-state index contributed by atoms with van der Waals surface area (Å²) in [6, 6.07) is 0.739. The number of rotatable bonds is 9. The highest BCUT2D eigenvalue weighted by molar-refractivity contribution is 4.89. The molecule has 1 rings (SSSR count). The Balaban J connectivity index is 2.60. The second kappa shape index (κ2) is 8.23. The smallest absolute Gasteiger partial charge is 0.0623 e. The van der Waals surface area contributed by atoms with Crippen LogP contribution in [0.15, 0.2) is 0 Å². The molecule has 114 valence electrons. The second-order valence-corrected chi connectivity index (χ2v) is 6.84. The first-order chi connectivity index (χ1) is 9.00. The van der Waals surface area contributed by atoms with Crippen molar-refractivity contribution in [3.63, 3.8) is 0 Å². The van der Waals surface area contributed by atoms with Crippen LogP contribution in [-0.4, -0.2) is 47.8 Å². The van der Waals surface area contributed by atoms with E-state index in [4.69, 9.17) is 0 Å². The lowest BCUT2D eigenvalue weighted by Crippen LogP contribution is -2.55. The number of aliphatic hydroxyl groups is 1. The van der Waals surface area contributed by atoms with Gasteiger partial charge in [0.25, 0.3) is 0 Å². The van der Waals surface area contributed by atoms with Crippen LogP contribution in [0, 0.1) is 5.92 Å². The van der Waals surface area contributed by atoms with Crippen molar-refractivity contribution in [3.05, 3.63) is 0 Å². The number of hydrogen-bond donors (Lipinski definition) is 2. The van der Waals surface area contributed by atoms with Crippen molar-refractivity contribution in [3.8, 4) is 0 Å². The van der Waals surface area contributed by atoms with Crippen molar-refractivity contribution in [2.24, 2.45) is 5.92 Å². The lowest BCUT2D eigenvalue weighted by atomic mass is 10.00. The third-order valence-electron chi connectivity index (χ3n) is 4.34. The molecule has 3 nitrogen and oxygen atoms in total. The zero-order valence-electron chi connectivity index (χ0n) is 13.4. The maximum Gasteiger partial charge on any atom is 0.0623 e. The molecule has 0 aromatic rings. The van der Waals surface area contributed by atoms with E-state index < -0.39 is 0 Å². The maximum absolute atomic E-state index is 9.70. The summed E-state index contributed by atoms with van der Waals surface area (Å²) in [6.07, 6.45) is 6.68. The van der Waals surface area contributed by atoms with Gasteiger partial charge in [-0.15, -0.1) is 0 Å². The van der Waals surface area contributed by atoms with Crippen LogP contribution in [0.2, 0.25) is 0 Å². The molecule has 1 saturated carbocycles. The molecule has 1 aliphatic rings. The van der Waals surface area contributed by atoms with Gasteiger partial charge in [0.15, 0.2) is 0 Å². The van der Waals surface area contributed by atoms with Gasteiger partial charge in [0.1, 0.15) is 0 Å². The Kier molecular flexibility index (Phi) is 7.33. The molecule has 2 N–H and O–H groups in total. The van der Waals surface area contributed by atoms with Gasteiger partial charge in [-0.2, -0.15) is 0 Å². The fraction of sp³-hybridized carbons (Fsp3) is 1.00. The summed E-state index contributed by atoms with van der Waals surface area (Å²) in [5, 5.41) is 13.2. The van der Waals surface area contributed by atoms with Crippen LogP contribution in [0.5, 0.6) is 0 Å². The number of likely N-dealkylation sites (N-methyl/N-ethyl adjacent to an activating group) is 1. The van der Waals surface area contributed by atoms with E-state index in [1.54, 1.807) is 0 Å². The Morgan fingerprint density at radius 1 is 1.32 bits per heavy atom. The van der Waals surface area contributed by atoms with Crippen molar-refractivity contribution in [1.29, 1.82) is 0 Å². The second-order valence-electron chi connectivity index (χ2n) is 6.84. The Hall–Kier alpha value is -0.120. The van der Waals surface area contributed by atoms with Crippen LogP contribution in [0.4, 0.5) is 0 Å². The molecular weight excluding hydrogens is 236 g/mol. The number of aliphatic hydroxyl groups excluding tert-OH is 1. The van der Waals surface area contributed by atoms with Gasteiger partial charge in [-0.05, 0) is 45.2 Å². The molecule has 0 saturated heterocycles. The molecule has 19 heavy (non-hydrogen) atoms. The van der Waals surface area contributed by atoms with E-state index in [1.165, 1.54) is 38.6 Å². The Labute approximate surface area is 119 Å². The predicted octanol–water partition coefficient (Wildman–Crippen LogP) is 2.64. The van der Waals surface area contributed by atoms with Crippen molar-refractivity contribution in [2.45, 2.75) is 71.4 Å². The van der Waals surface area contributed by atoms with Crippen molar-refractivity contribution in [2.75, 3.05) is 26.2 Å². The molecule has 0 spiro atoms. The normalized spacial score (nSPS) is 20.4. The molecule has 1 atom stereocenters. The van der Waals surface area contributed by atoms with E-state index in [9.17, 15) is 5.11 Å². The highest BCUT2D eigenvalue weighted by atomic mass is 16.3. The summed E-state index contributed by atoms with van der Waals surface area (Å²) in [5.41, 5.74) is -0.158. The summed E-state index contributed by atoms with van der Waals surface area (Å²) in [6.45, 7) is 12.1. The molecular formula is C16H34N2O. The number of nitrogens with zero attached hydrogens (tertiary/aromatic N) is 1. The Morgan fingerprint density at radius 2 is 1.95 bits per heavy atom. The van der Waals surface area contributed by atoms with Crippen LogP contribution in [0.3, 0.4) is 0 Å². The topological polar surface area (TPSA) is 35.5 Å². The summed E-state index contributed by atoms with van der Waals surface area (Å²) in [5.74, 6) is 0.753. The SMILES string of the molecule is CCNC(C)(CO)CN(CCC(C)C)C1CCCC1. The monoisotopic (exact) mass is 270 g/mol. The molecule has 0 amide bonds. The van der Waals surface area contributed by atoms with Gasteiger partial charge >= 0.3 is 0 Å². The van der Waals surface area contributed by atoms with Gasteiger partial charge in [-0.1, -0.05) is 33.6 Å². The third-order valence-corrected chi connectivity index (χ3v) is 4.34. The standard InChI is InChI=1S/C16H34N2O/c1-5-17-16(4,13-19)12-18(11-10-14(2)3)15-8-6-7-9-15/h14-15,17,19H,5-13H2,1-4H3. The van der Waals surface area contributed by atoms with E-state index in [0.29, 0.717) is 0 Å². The predicted molar refractivity (Wildman–Crippen MR) is 82.5 cm³/mol. The first-order valence-electron chi connectivity index (χ1n) is 8.10. The van der Waals surface area contributed by atoms with Crippen molar-refractivity contribution < 1.29 is 5.11 Å². The molecule has 3 heteroatoms. The third kappa shape index (κ3) is 5.80. The summed E-state index contributed by atoms with van der Waals surface area (Å²) in [7, 11) is 0. The first-order valence-corrected chi connectivity index (χ1v) is 8.10. The van der Waals surface area contributed by atoms with E-state index in [2.05, 4.69) is 37.9 Å². The fourth-order valence-corrected chi connectivity index (χ4v) is 3.12. The molecule has 0 aromatic heterocycles. The maximum atomic E-state index is 9.70. The minimum absolute atomic E-state index is 0.158. The summed E-state index contributed by atoms with van der Waals surface area (Å²) < 4.78 is 0. The van der Waals surface area contributed by atoms with Crippen LogP contribution in [-0.2, 0) is 0 Å². The molecule has 0 bridgehead atoms. The fourth-order valence-electron chi connectivity index (χ4n) is 3.12. The van der Waals surface area contributed by atoms with Crippen LogP contribution < -0.4 is 5.32 Å². The summed E-state index contributed by atoms with van der Waals surface area (Å²) >= 11 is 0. The molecule has 1 fully saturated rings. The van der Waals surface area contributed by atoms with Gasteiger partial charge in [-0.25, -0.2) is 0 Å². The zero-order valence-corrected chi connectivity index (χ0v) is 13.4. The molecule has 0 aliphatic heterocycles. The van der Waals surface area contributed by atoms with Crippen LogP contribution in [0.1, 0.15) is 59.8 Å². The van der Waals surface area contributed by atoms with Gasteiger partial charge in [0.2, 0.25) is 0 Å². The minimum atomic E-state index is -0.158. The molecule has 0 aromatic carbocycles. The number of nitrogens with one attached hydrogen (secondary N) is 1. The highest BCUT2D eigenvalue weighted by Crippen LogP contribution is 2.25. The van der Waals surface area contributed by atoms with E-state index in [0.717, 1.165) is 25.0 Å². The average molecular weight is 270 g/mol. The van der Waals surface area contributed by atoms with Crippen molar-refractivity contribution >= 4 is 0 Å². The summed E-state index contributed by atoms with van der Waals surface area (Å²) in [4.78, 5) is 2.63. The lowest BCUT2D eigenvalue weighted by Gasteiger charge is -2.38. The lowest BCUT2D eigenvalue weighted by molar-refractivity contribution is 0.0928. The zero-order chi connectivity index (χ0) is 14.3. The Bertz CT molecular complexity index is 239. The molecule has 0 radical (unpaired) electrons. The molecule has 1 aliphatic carbocycles. The van der Waals surface area contributed by atoms with E-state index in [1.807, 2.05) is 0 Å². The van der Waals surface area contributed by atoms with E-state index >= 15 is 0 Å². The van der Waals surface area contributed by atoms with Gasteiger partial charge in [0.05, 0.1) is 12.1 Å². The van der Waals surface area contributed by atoms with Gasteiger partial charge < -0.3 is 10.4 Å². The highest BCUT2D eigenvalue weighted by Gasteiger charge is 2.30. The quantitative estimate of drug-likeness (QED) is 0.676. The van der Waals surface area contributed by atoms with Gasteiger partial charge in [-0.3, -0.25) is 4.90 Å². The average Bonchev–Trinajstić information content (AvgIpc) is 2.88. The minimum Gasteiger partial charge on any atom is -0.394 e. The van der Waals surface area contributed by atoms with Crippen LogP contribution in [0.25, 0.3) is 0 Å². The van der Waals surface area contributed by atoms with Crippen LogP contribution >= 0.6 is 0 Å². The molecule has 1 unspecified atom stereocenters. The van der Waals surface area contributed by atoms with Gasteiger partial charge in [0, 0.05) is 12.6 Å². The van der Waals surface area contributed by atoms with Crippen molar-refractivity contribution in [1.82, 2.24) is 10.2 Å². The first kappa shape index (κ1) is 16.9. The largest absolute Gasteiger partial charge is 0.394 e.